The molecule has 1 aromatic heterocycles. The van der Waals surface area contributed by atoms with Crippen molar-refractivity contribution in [3.63, 3.8) is 0 Å². The van der Waals surface area contributed by atoms with Gasteiger partial charge in [0.15, 0.2) is 5.16 Å². The second kappa shape index (κ2) is 9.20. The van der Waals surface area contributed by atoms with E-state index in [9.17, 15) is 9.59 Å². The highest BCUT2D eigenvalue weighted by Crippen LogP contribution is 2.18. The molecule has 0 aliphatic heterocycles. The quantitative estimate of drug-likeness (QED) is 0.352. The van der Waals surface area contributed by atoms with Crippen LogP contribution in [0.5, 0.6) is 0 Å². The predicted octanol–water partition coefficient (Wildman–Crippen LogP) is 2.13. The van der Waals surface area contributed by atoms with E-state index in [4.69, 9.17) is 4.74 Å². The molecule has 0 aliphatic carbocycles. The van der Waals surface area contributed by atoms with Crippen molar-refractivity contribution >= 4 is 34.3 Å². The van der Waals surface area contributed by atoms with Gasteiger partial charge < -0.3 is 10.1 Å². The first-order chi connectivity index (χ1) is 13.2. The van der Waals surface area contributed by atoms with E-state index in [1.165, 1.54) is 16.4 Å². The fourth-order valence-electron chi connectivity index (χ4n) is 2.42. The van der Waals surface area contributed by atoms with Crippen LogP contribution >= 0.6 is 11.8 Å². The van der Waals surface area contributed by atoms with Crippen LogP contribution in [0.15, 0.2) is 64.5 Å². The number of nitrogens with zero attached hydrogens (tertiary/aromatic N) is 2. The molecule has 2 N–H and O–H groups in total. The molecule has 0 bridgehead atoms. The Morgan fingerprint density at radius 3 is 2.67 bits per heavy atom. The minimum absolute atomic E-state index is 0.144. The summed E-state index contributed by atoms with van der Waals surface area (Å²) in [5.74, 6) is -0.00367. The molecule has 1 heterocycles. The molecule has 3 aromatic rings. The van der Waals surface area contributed by atoms with Crippen molar-refractivity contribution < 1.29 is 9.53 Å². The minimum atomic E-state index is -0.216. The summed E-state index contributed by atoms with van der Waals surface area (Å²) in [4.78, 5) is 29.5. The van der Waals surface area contributed by atoms with E-state index in [2.05, 4.69) is 15.7 Å². The third kappa shape index (κ3) is 4.87. The highest BCUT2D eigenvalue weighted by molar-refractivity contribution is 7.99. The van der Waals surface area contributed by atoms with Crippen LogP contribution in [0.4, 0.5) is 5.69 Å². The molecule has 1 amide bonds. The number of amides is 1. The lowest BCUT2D eigenvalue weighted by molar-refractivity contribution is -0.118. The largest absolute Gasteiger partial charge is 0.383 e. The van der Waals surface area contributed by atoms with Crippen molar-refractivity contribution in [1.29, 1.82) is 0 Å². The van der Waals surface area contributed by atoms with Crippen LogP contribution in [-0.4, -0.2) is 41.6 Å². The maximum atomic E-state index is 12.9. The number of thioether (sulfide) groups is 1. The zero-order chi connectivity index (χ0) is 19.1. The summed E-state index contributed by atoms with van der Waals surface area (Å²) in [5.41, 5.74) is 4.21. The first-order valence-electron chi connectivity index (χ1n) is 8.41. The van der Waals surface area contributed by atoms with Gasteiger partial charge in [-0.1, -0.05) is 42.1 Å². The fourth-order valence-corrected chi connectivity index (χ4v) is 3.21. The molecule has 0 unspecified atom stereocenters. The SMILES string of the molecule is COCCNC(=O)CSc1nc2ccccc2c(=O)n1Nc1ccccc1. The standard InChI is InChI=1S/C19H20N4O3S/c1-26-12-11-20-17(24)13-27-19-21-16-10-6-5-9-15(16)18(25)23(19)22-14-7-3-2-4-8-14/h2-10,22H,11-13H2,1H3,(H,20,24). The highest BCUT2D eigenvalue weighted by atomic mass is 32.2. The van der Waals surface area contributed by atoms with Crippen molar-refractivity contribution in [3.05, 3.63) is 65.0 Å². The molecular formula is C19H20N4O3S. The van der Waals surface area contributed by atoms with E-state index < -0.39 is 0 Å². The molecule has 0 saturated heterocycles. The number of carbonyl (C=O) groups excluding carboxylic acids is 1. The molecule has 0 spiro atoms. The number of nitrogens with one attached hydrogen (secondary N) is 2. The topological polar surface area (TPSA) is 85.2 Å². The summed E-state index contributed by atoms with van der Waals surface area (Å²) in [5, 5.41) is 3.68. The van der Waals surface area contributed by atoms with Gasteiger partial charge in [0, 0.05) is 13.7 Å². The predicted molar refractivity (Wildman–Crippen MR) is 107 cm³/mol. The summed E-state index contributed by atoms with van der Waals surface area (Å²) < 4.78 is 6.29. The van der Waals surface area contributed by atoms with Gasteiger partial charge in [-0.2, -0.15) is 4.68 Å². The Kier molecular flexibility index (Phi) is 6.45. The van der Waals surface area contributed by atoms with Crippen LogP contribution in [0.25, 0.3) is 10.9 Å². The van der Waals surface area contributed by atoms with Gasteiger partial charge in [-0.05, 0) is 24.3 Å². The summed E-state index contributed by atoms with van der Waals surface area (Å²) >= 11 is 1.20. The van der Waals surface area contributed by atoms with E-state index in [-0.39, 0.29) is 17.2 Å². The molecule has 140 valence electrons. The number of carbonyl (C=O) groups is 1. The Morgan fingerprint density at radius 2 is 1.89 bits per heavy atom. The Balaban J connectivity index is 1.88. The number of methoxy groups -OCH3 is 1. The van der Waals surface area contributed by atoms with E-state index in [1.54, 1.807) is 25.3 Å². The van der Waals surface area contributed by atoms with Crippen LogP contribution in [0.1, 0.15) is 0 Å². The lowest BCUT2D eigenvalue weighted by Crippen LogP contribution is -2.31. The van der Waals surface area contributed by atoms with Crippen LogP contribution in [0.3, 0.4) is 0 Å². The van der Waals surface area contributed by atoms with Gasteiger partial charge >= 0.3 is 0 Å². The normalized spacial score (nSPS) is 10.7. The number of hydrogen-bond donors (Lipinski definition) is 2. The first-order valence-corrected chi connectivity index (χ1v) is 9.40. The van der Waals surface area contributed by atoms with Crippen LogP contribution < -0.4 is 16.3 Å². The maximum absolute atomic E-state index is 12.9. The third-order valence-electron chi connectivity index (χ3n) is 3.72. The third-order valence-corrected chi connectivity index (χ3v) is 4.66. The Bertz CT molecular complexity index is 976. The molecular weight excluding hydrogens is 364 g/mol. The van der Waals surface area contributed by atoms with E-state index in [0.717, 1.165) is 5.69 Å². The molecule has 0 aliphatic rings. The molecule has 8 heteroatoms. The Hall–Kier alpha value is -2.84. The van der Waals surface area contributed by atoms with Gasteiger partial charge in [0.1, 0.15) is 0 Å². The van der Waals surface area contributed by atoms with Gasteiger partial charge in [0.2, 0.25) is 5.91 Å². The van der Waals surface area contributed by atoms with Gasteiger partial charge in [-0.25, -0.2) is 4.98 Å². The number of hydrogen-bond acceptors (Lipinski definition) is 6. The number of rotatable bonds is 8. The second-order valence-corrected chi connectivity index (χ2v) is 6.60. The first kappa shape index (κ1) is 18.9. The number of ether oxygens (including phenoxy) is 1. The molecule has 0 atom stereocenters. The Morgan fingerprint density at radius 1 is 1.15 bits per heavy atom. The highest BCUT2D eigenvalue weighted by Gasteiger charge is 2.13. The minimum Gasteiger partial charge on any atom is -0.383 e. The number of fused-ring (bicyclic) bond motifs is 1. The van der Waals surface area contributed by atoms with E-state index in [1.807, 2.05) is 36.4 Å². The van der Waals surface area contributed by atoms with Gasteiger partial charge in [0.25, 0.3) is 5.56 Å². The Labute approximate surface area is 160 Å². The van der Waals surface area contributed by atoms with E-state index >= 15 is 0 Å². The van der Waals surface area contributed by atoms with Crippen molar-refractivity contribution in [2.75, 3.05) is 31.4 Å². The van der Waals surface area contributed by atoms with Crippen molar-refractivity contribution in [2.24, 2.45) is 0 Å². The van der Waals surface area contributed by atoms with Crippen molar-refractivity contribution in [2.45, 2.75) is 5.16 Å². The van der Waals surface area contributed by atoms with Gasteiger partial charge in [0.05, 0.1) is 29.0 Å². The molecule has 3 rings (SSSR count). The van der Waals surface area contributed by atoms with Crippen LogP contribution in [0.2, 0.25) is 0 Å². The molecule has 0 fully saturated rings. The van der Waals surface area contributed by atoms with Gasteiger partial charge in [-0.15, -0.1) is 0 Å². The number of benzene rings is 2. The van der Waals surface area contributed by atoms with Gasteiger partial charge in [-0.3, -0.25) is 15.0 Å². The summed E-state index contributed by atoms with van der Waals surface area (Å²) in [7, 11) is 1.58. The molecule has 0 saturated carbocycles. The molecule has 0 radical (unpaired) electrons. The summed E-state index contributed by atoms with van der Waals surface area (Å²) in [6.45, 7) is 0.890. The molecule has 27 heavy (non-hydrogen) atoms. The number of aromatic nitrogens is 2. The zero-order valence-corrected chi connectivity index (χ0v) is 15.7. The molecule has 7 nitrogen and oxygen atoms in total. The van der Waals surface area contributed by atoms with Crippen LogP contribution in [0, 0.1) is 0 Å². The average Bonchev–Trinajstić information content (AvgIpc) is 2.70. The lowest BCUT2D eigenvalue weighted by Gasteiger charge is -2.15. The lowest BCUT2D eigenvalue weighted by atomic mass is 10.2. The van der Waals surface area contributed by atoms with Crippen molar-refractivity contribution in [1.82, 2.24) is 15.0 Å². The summed E-state index contributed by atoms with van der Waals surface area (Å²) in [6.07, 6.45) is 0. The number of para-hydroxylation sites is 2. The second-order valence-electron chi connectivity index (χ2n) is 5.66. The van der Waals surface area contributed by atoms with Crippen molar-refractivity contribution in [3.8, 4) is 0 Å². The average molecular weight is 384 g/mol. The maximum Gasteiger partial charge on any atom is 0.280 e. The summed E-state index contributed by atoms with van der Waals surface area (Å²) in [6, 6.07) is 16.5. The van der Waals surface area contributed by atoms with E-state index in [0.29, 0.717) is 29.2 Å². The zero-order valence-electron chi connectivity index (χ0n) is 14.8. The van der Waals surface area contributed by atoms with Crippen LogP contribution in [-0.2, 0) is 9.53 Å². The monoisotopic (exact) mass is 384 g/mol. The number of anilines is 1. The molecule has 2 aromatic carbocycles. The fraction of sp³-hybridized carbons (Fsp3) is 0.211. The smallest absolute Gasteiger partial charge is 0.280 e.